The molecule has 10 aromatic carbocycles. The molecule has 4 heteroatoms. The number of nitrogens with zero attached hydrogens (tertiary/aromatic N) is 4. The predicted molar refractivity (Wildman–Crippen MR) is 284 cm³/mol. The van der Waals surface area contributed by atoms with Gasteiger partial charge in [0, 0.05) is 49.6 Å². The summed E-state index contributed by atoms with van der Waals surface area (Å²) in [5.41, 5.74) is 18.7. The number of para-hydroxylation sites is 3. The normalized spacial score (nSPS) is 12.8. The molecule has 0 N–H and O–H groups in total. The molecule has 0 bridgehead atoms. The third-order valence-electron chi connectivity index (χ3n) is 14.4. The molecule has 0 radical (unpaired) electrons. The van der Waals surface area contributed by atoms with Gasteiger partial charge in [-0.3, -0.25) is 0 Å². The Morgan fingerprint density at radius 2 is 0.710 bits per heavy atom. The van der Waals surface area contributed by atoms with Gasteiger partial charge in [-0.25, -0.2) is 9.97 Å². The van der Waals surface area contributed by atoms with Crippen LogP contribution in [0.2, 0.25) is 0 Å². The Labute approximate surface area is 399 Å². The van der Waals surface area contributed by atoms with Gasteiger partial charge < -0.3 is 9.13 Å². The first-order valence-corrected chi connectivity index (χ1v) is 23.7. The highest BCUT2D eigenvalue weighted by Crippen LogP contribution is 2.59. The van der Waals surface area contributed by atoms with E-state index >= 15 is 0 Å². The van der Waals surface area contributed by atoms with Crippen molar-refractivity contribution in [2.45, 2.75) is 5.41 Å². The first kappa shape index (κ1) is 39.1. The number of hydrogen-bond acceptors (Lipinski definition) is 2. The average Bonchev–Trinajstić information content (AvgIpc) is 4.04. The zero-order valence-corrected chi connectivity index (χ0v) is 37.5. The average molecular weight is 879 g/mol. The van der Waals surface area contributed by atoms with E-state index in [1.54, 1.807) is 0 Å². The zero-order valence-electron chi connectivity index (χ0n) is 37.5. The van der Waals surface area contributed by atoms with E-state index in [1.165, 1.54) is 66.0 Å². The van der Waals surface area contributed by atoms with Crippen molar-refractivity contribution >= 4 is 43.6 Å². The van der Waals surface area contributed by atoms with Gasteiger partial charge in [0.2, 0.25) is 0 Å². The van der Waals surface area contributed by atoms with Gasteiger partial charge in [0.25, 0.3) is 0 Å². The van der Waals surface area contributed by atoms with Crippen LogP contribution < -0.4 is 0 Å². The molecule has 0 saturated heterocycles. The Kier molecular flexibility index (Phi) is 8.77. The largest absolute Gasteiger partial charge is 0.309 e. The van der Waals surface area contributed by atoms with Crippen LogP contribution >= 0.6 is 0 Å². The number of aromatic nitrogens is 4. The molecule has 0 aliphatic heterocycles. The molecule has 322 valence electrons. The van der Waals surface area contributed by atoms with Crippen LogP contribution in [0, 0.1) is 0 Å². The van der Waals surface area contributed by atoms with E-state index in [0.717, 1.165) is 50.5 Å². The summed E-state index contributed by atoms with van der Waals surface area (Å²) in [5, 5.41) is 4.91. The van der Waals surface area contributed by atoms with Gasteiger partial charge in [-0.2, -0.15) is 0 Å². The fourth-order valence-electron chi connectivity index (χ4n) is 11.4. The molecule has 69 heavy (non-hydrogen) atoms. The van der Waals surface area contributed by atoms with Crippen LogP contribution in [0.5, 0.6) is 0 Å². The quantitative estimate of drug-likeness (QED) is 0.160. The van der Waals surface area contributed by atoms with Crippen molar-refractivity contribution in [2.24, 2.45) is 0 Å². The van der Waals surface area contributed by atoms with Crippen molar-refractivity contribution in [3.05, 3.63) is 277 Å². The lowest BCUT2D eigenvalue weighted by Crippen LogP contribution is -2.28. The van der Waals surface area contributed by atoms with Crippen LogP contribution in [0.3, 0.4) is 0 Å². The van der Waals surface area contributed by atoms with Crippen molar-refractivity contribution in [1.82, 2.24) is 19.1 Å². The summed E-state index contributed by atoms with van der Waals surface area (Å²) in [6.07, 6.45) is 0. The second-order valence-electron chi connectivity index (χ2n) is 18.1. The molecule has 1 aliphatic rings. The van der Waals surface area contributed by atoms with Crippen LogP contribution in [0.15, 0.2) is 255 Å². The molecule has 13 aromatic rings. The van der Waals surface area contributed by atoms with Gasteiger partial charge in [-0.05, 0) is 112 Å². The van der Waals surface area contributed by atoms with E-state index in [2.05, 4.69) is 252 Å². The number of fused-ring (bicyclic) bond motifs is 9. The molecule has 0 atom stereocenters. The van der Waals surface area contributed by atoms with Gasteiger partial charge >= 0.3 is 0 Å². The molecular weight excluding hydrogens is 837 g/mol. The maximum Gasteiger partial charge on any atom is 0.160 e. The molecule has 3 aromatic heterocycles. The Balaban J connectivity index is 1.02. The number of rotatable bonds is 7. The van der Waals surface area contributed by atoms with Crippen molar-refractivity contribution in [2.75, 3.05) is 0 Å². The zero-order chi connectivity index (χ0) is 45.5. The van der Waals surface area contributed by atoms with E-state index in [-0.39, 0.29) is 0 Å². The van der Waals surface area contributed by atoms with Gasteiger partial charge in [0.05, 0.1) is 38.9 Å². The molecule has 0 spiro atoms. The van der Waals surface area contributed by atoms with Crippen molar-refractivity contribution in [3.8, 4) is 56.4 Å². The minimum absolute atomic E-state index is 0.617. The standard InChI is InChI=1S/C65H42N4/c1-6-20-43(21-7-1)58-42-59(44-22-8-2-9-23-44)67-64(66-58)45-34-36-49(37-35-45)69-60-32-18-16-30-50(60)54-38-52-53-40-62-55(51-31-17-19-33-61(51)68(62)48-28-14-5-15-29-48)39-56(53)65(57(52)41-63(54)69,46-24-10-3-11-25-46)47-26-12-4-13-27-47/h1-42H. The van der Waals surface area contributed by atoms with Crippen LogP contribution in [0.1, 0.15) is 22.3 Å². The molecule has 3 heterocycles. The SMILES string of the molecule is c1ccc(-c2cc(-c3ccccc3)nc(-c3ccc(-n4c5ccccc5c5cc6c(cc54)C(c4ccccc4)(c4ccccc4)c4cc5c7ccccc7n(-c7ccccc7)c5cc4-6)cc3)n2)cc1. The molecular formula is C65H42N4. The molecule has 0 fully saturated rings. The third-order valence-corrected chi connectivity index (χ3v) is 14.4. The third kappa shape index (κ3) is 5.95. The van der Waals surface area contributed by atoms with Crippen LogP contribution in [-0.2, 0) is 5.41 Å². The first-order chi connectivity index (χ1) is 34.2. The summed E-state index contributed by atoms with van der Waals surface area (Å²) < 4.78 is 4.89. The Morgan fingerprint density at radius 1 is 0.290 bits per heavy atom. The summed E-state index contributed by atoms with van der Waals surface area (Å²) in [6, 6.07) is 92.4. The molecule has 0 unspecified atom stereocenters. The van der Waals surface area contributed by atoms with Crippen molar-refractivity contribution in [3.63, 3.8) is 0 Å². The predicted octanol–water partition coefficient (Wildman–Crippen LogP) is 16.0. The second kappa shape index (κ2) is 15.5. The van der Waals surface area contributed by atoms with Gasteiger partial charge in [0.15, 0.2) is 5.82 Å². The van der Waals surface area contributed by atoms with E-state index in [4.69, 9.17) is 9.97 Å². The molecule has 0 amide bonds. The maximum atomic E-state index is 5.16. The lowest BCUT2D eigenvalue weighted by molar-refractivity contribution is 0.770. The lowest BCUT2D eigenvalue weighted by Gasteiger charge is -2.34. The van der Waals surface area contributed by atoms with Gasteiger partial charge in [-0.15, -0.1) is 0 Å². The lowest BCUT2D eigenvalue weighted by atomic mass is 9.67. The summed E-state index contributed by atoms with van der Waals surface area (Å²) in [4.78, 5) is 10.3. The molecule has 0 saturated carbocycles. The van der Waals surface area contributed by atoms with E-state index in [9.17, 15) is 0 Å². The van der Waals surface area contributed by atoms with Gasteiger partial charge in [-0.1, -0.05) is 176 Å². The summed E-state index contributed by atoms with van der Waals surface area (Å²) in [5.74, 6) is 0.690. The van der Waals surface area contributed by atoms with Crippen molar-refractivity contribution in [1.29, 1.82) is 0 Å². The summed E-state index contributed by atoms with van der Waals surface area (Å²) >= 11 is 0. The molecule has 1 aliphatic carbocycles. The van der Waals surface area contributed by atoms with Crippen molar-refractivity contribution < 1.29 is 0 Å². The number of hydrogen-bond donors (Lipinski definition) is 0. The molecule has 14 rings (SSSR count). The topological polar surface area (TPSA) is 35.6 Å². The smallest absolute Gasteiger partial charge is 0.160 e. The monoisotopic (exact) mass is 878 g/mol. The minimum Gasteiger partial charge on any atom is -0.309 e. The summed E-state index contributed by atoms with van der Waals surface area (Å²) in [6.45, 7) is 0. The highest BCUT2D eigenvalue weighted by atomic mass is 15.0. The van der Waals surface area contributed by atoms with E-state index in [0.29, 0.717) is 5.82 Å². The second-order valence-corrected chi connectivity index (χ2v) is 18.1. The van der Waals surface area contributed by atoms with E-state index < -0.39 is 5.41 Å². The maximum absolute atomic E-state index is 5.16. The van der Waals surface area contributed by atoms with Gasteiger partial charge in [0.1, 0.15) is 0 Å². The minimum atomic E-state index is -0.617. The first-order valence-electron chi connectivity index (χ1n) is 23.7. The van der Waals surface area contributed by atoms with E-state index in [1.807, 2.05) is 12.1 Å². The Morgan fingerprint density at radius 3 is 1.26 bits per heavy atom. The Hall–Kier alpha value is -9.12. The van der Waals surface area contributed by atoms with Crippen LogP contribution in [-0.4, -0.2) is 19.1 Å². The highest BCUT2D eigenvalue weighted by Gasteiger charge is 2.47. The fourth-order valence-corrected chi connectivity index (χ4v) is 11.4. The Bertz CT molecular complexity index is 3980. The summed E-state index contributed by atoms with van der Waals surface area (Å²) in [7, 11) is 0. The van der Waals surface area contributed by atoms with Crippen LogP contribution in [0.4, 0.5) is 0 Å². The molecule has 4 nitrogen and oxygen atoms in total. The fraction of sp³-hybridized carbons (Fsp3) is 0.0154. The number of benzene rings is 10. The highest BCUT2D eigenvalue weighted by molar-refractivity contribution is 6.15. The van der Waals surface area contributed by atoms with Crippen LogP contribution in [0.25, 0.3) is 100 Å².